The van der Waals surface area contributed by atoms with Crippen LogP contribution in [-0.2, 0) is 9.53 Å². The Labute approximate surface area is 130 Å². The summed E-state index contributed by atoms with van der Waals surface area (Å²) in [6.07, 6.45) is 5.50. The van der Waals surface area contributed by atoms with Crippen LogP contribution in [0.1, 0.15) is 39.0 Å². The Morgan fingerprint density at radius 2 is 2.14 bits per heavy atom. The smallest absolute Gasteiger partial charge is 0.140 e. The second-order valence-corrected chi connectivity index (χ2v) is 8.15. The highest BCUT2D eigenvalue weighted by atomic mass is 32.2. The normalized spacial score (nSPS) is 41.3. The highest BCUT2D eigenvalue weighted by Crippen LogP contribution is 2.61. The lowest BCUT2D eigenvalue weighted by Crippen LogP contribution is -2.50. The minimum atomic E-state index is -0.138. The van der Waals surface area contributed by atoms with Crippen LogP contribution in [0.15, 0.2) is 35.2 Å². The lowest BCUT2D eigenvalue weighted by Gasteiger charge is -2.46. The molecule has 1 aliphatic heterocycles. The molecule has 0 unspecified atom stereocenters. The molecule has 1 aromatic carbocycles. The number of benzene rings is 1. The third-order valence-corrected chi connectivity index (χ3v) is 7.00. The molecule has 3 aliphatic rings. The number of thioether (sulfide) groups is 1. The van der Waals surface area contributed by atoms with Crippen LogP contribution < -0.4 is 0 Å². The molecule has 3 fully saturated rings. The van der Waals surface area contributed by atoms with Gasteiger partial charge < -0.3 is 4.74 Å². The fourth-order valence-corrected chi connectivity index (χ4v) is 5.73. The molecule has 1 saturated heterocycles. The quantitative estimate of drug-likeness (QED) is 0.622. The lowest BCUT2D eigenvalue weighted by molar-refractivity contribution is -0.136. The predicted octanol–water partition coefficient (Wildman–Crippen LogP) is 4.09. The maximum absolute atomic E-state index is 12.8. The first-order chi connectivity index (χ1) is 10.1. The highest BCUT2D eigenvalue weighted by Gasteiger charge is 2.65. The fraction of sp³-hybridized carbons (Fsp3) is 0.611. The Kier molecular flexibility index (Phi) is 3.20. The van der Waals surface area contributed by atoms with Gasteiger partial charge in [-0.15, -0.1) is 11.8 Å². The molecule has 2 aliphatic carbocycles. The first-order valence-electron chi connectivity index (χ1n) is 8.01. The molecule has 0 amide bonds. The van der Waals surface area contributed by atoms with Gasteiger partial charge in [0.25, 0.3) is 0 Å². The van der Waals surface area contributed by atoms with Crippen molar-refractivity contribution in [3.05, 3.63) is 30.3 Å². The average molecular weight is 302 g/mol. The van der Waals surface area contributed by atoms with Gasteiger partial charge in [-0.1, -0.05) is 18.2 Å². The first-order valence-corrected chi connectivity index (χ1v) is 9.00. The van der Waals surface area contributed by atoms with E-state index in [1.807, 2.05) is 17.8 Å². The van der Waals surface area contributed by atoms with Crippen molar-refractivity contribution in [2.75, 3.05) is 5.75 Å². The molecular formula is C18H22O2S. The molecule has 1 aromatic rings. The second kappa shape index (κ2) is 4.85. The van der Waals surface area contributed by atoms with E-state index in [9.17, 15) is 4.79 Å². The van der Waals surface area contributed by atoms with Crippen molar-refractivity contribution < 1.29 is 9.53 Å². The van der Waals surface area contributed by atoms with E-state index in [1.54, 1.807) is 0 Å². The van der Waals surface area contributed by atoms with Gasteiger partial charge in [-0.2, -0.15) is 0 Å². The molecular weight excluding hydrogens is 280 g/mol. The van der Waals surface area contributed by atoms with Gasteiger partial charge in [0.2, 0.25) is 0 Å². The maximum Gasteiger partial charge on any atom is 0.140 e. The number of epoxide rings is 1. The summed E-state index contributed by atoms with van der Waals surface area (Å²) in [7, 11) is 0. The number of rotatable bonds is 3. The molecule has 112 valence electrons. The summed E-state index contributed by atoms with van der Waals surface area (Å²) in [5.74, 6) is 1.96. The monoisotopic (exact) mass is 302 g/mol. The van der Waals surface area contributed by atoms with E-state index >= 15 is 0 Å². The molecule has 2 saturated carbocycles. The molecule has 0 radical (unpaired) electrons. The molecule has 21 heavy (non-hydrogen) atoms. The van der Waals surface area contributed by atoms with E-state index in [0.717, 1.165) is 31.4 Å². The van der Waals surface area contributed by atoms with E-state index in [4.69, 9.17) is 4.74 Å². The zero-order chi connectivity index (χ0) is 14.5. The molecule has 0 N–H and O–H groups in total. The number of fused-ring (bicyclic) bond motifs is 2. The summed E-state index contributed by atoms with van der Waals surface area (Å²) in [4.78, 5) is 14.1. The van der Waals surface area contributed by atoms with Gasteiger partial charge in [-0.25, -0.2) is 0 Å². The van der Waals surface area contributed by atoms with Gasteiger partial charge in [0.05, 0.1) is 11.7 Å². The Balaban J connectivity index is 1.59. The van der Waals surface area contributed by atoms with Gasteiger partial charge in [0.1, 0.15) is 5.78 Å². The van der Waals surface area contributed by atoms with E-state index < -0.39 is 0 Å². The summed E-state index contributed by atoms with van der Waals surface area (Å²) in [6, 6.07) is 10.5. The standard InChI is InChI=1S/C18H22O2S/c1-17-11-18(12-21-14-7-3-2-4-8-14)13(10-16(17)20-17)6-5-9-15(18)19/h2-4,7-8,13,16H,5-6,9-12H2,1H3/t13-,16-,17+,18+/m1/s1. The van der Waals surface area contributed by atoms with Gasteiger partial charge in [0, 0.05) is 22.5 Å². The van der Waals surface area contributed by atoms with Crippen LogP contribution in [-0.4, -0.2) is 23.2 Å². The number of ether oxygens (including phenoxy) is 1. The van der Waals surface area contributed by atoms with Crippen molar-refractivity contribution in [3.8, 4) is 0 Å². The molecule has 1 heterocycles. The average Bonchev–Trinajstić information content (AvgIpc) is 3.15. The largest absolute Gasteiger partial charge is 0.366 e. The third-order valence-electron chi connectivity index (χ3n) is 5.73. The van der Waals surface area contributed by atoms with Crippen LogP contribution in [0.25, 0.3) is 0 Å². The maximum atomic E-state index is 12.8. The van der Waals surface area contributed by atoms with Crippen molar-refractivity contribution in [1.82, 2.24) is 0 Å². The van der Waals surface area contributed by atoms with E-state index in [2.05, 4.69) is 31.2 Å². The molecule has 0 bridgehead atoms. The Bertz CT molecular complexity index is 558. The molecule has 4 atom stereocenters. The number of hydrogen-bond donors (Lipinski definition) is 0. The second-order valence-electron chi connectivity index (χ2n) is 7.10. The van der Waals surface area contributed by atoms with E-state index in [-0.39, 0.29) is 11.0 Å². The van der Waals surface area contributed by atoms with Crippen LogP contribution in [0.3, 0.4) is 0 Å². The van der Waals surface area contributed by atoms with Crippen molar-refractivity contribution >= 4 is 17.5 Å². The van der Waals surface area contributed by atoms with Crippen LogP contribution in [0.2, 0.25) is 0 Å². The Morgan fingerprint density at radius 3 is 2.95 bits per heavy atom. The Hall–Kier alpha value is -0.800. The first kappa shape index (κ1) is 13.8. The van der Waals surface area contributed by atoms with Gasteiger partial charge in [-0.3, -0.25) is 4.79 Å². The molecule has 2 nitrogen and oxygen atoms in total. The zero-order valence-corrected chi connectivity index (χ0v) is 13.3. The minimum absolute atomic E-state index is 0.0131. The van der Waals surface area contributed by atoms with Crippen molar-refractivity contribution in [2.45, 2.75) is 55.6 Å². The van der Waals surface area contributed by atoms with Crippen molar-refractivity contribution in [3.63, 3.8) is 0 Å². The van der Waals surface area contributed by atoms with E-state index in [0.29, 0.717) is 17.8 Å². The summed E-state index contributed by atoms with van der Waals surface area (Å²) in [6.45, 7) is 2.20. The van der Waals surface area contributed by atoms with Crippen LogP contribution in [0.5, 0.6) is 0 Å². The summed E-state index contributed by atoms with van der Waals surface area (Å²) in [5, 5.41) is 0. The highest BCUT2D eigenvalue weighted by molar-refractivity contribution is 7.99. The molecule has 0 spiro atoms. The van der Waals surface area contributed by atoms with Crippen molar-refractivity contribution in [1.29, 1.82) is 0 Å². The SMILES string of the molecule is C[C@]12C[C@@]3(CSc4ccccc4)C(=O)CCC[C@@H]3C[C@H]1O2. The number of carbonyl (C=O) groups excluding carboxylic acids is 1. The number of ketones is 1. The molecule has 0 aromatic heterocycles. The lowest BCUT2D eigenvalue weighted by atomic mass is 9.57. The van der Waals surface area contributed by atoms with Crippen LogP contribution in [0, 0.1) is 11.3 Å². The fourth-order valence-electron chi connectivity index (χ4n) is 4.46. The predicted molar refractivity (Wildman–Crippen MR) is 84.5 cm³/mol. The van der Waals surface area contributed by atoms with Crippen molar-refractivity contribution in [2.24, 2.45) is 11.3 Å². The topological polar surface area (TPSA) is 29.6 Å². The third kappa shape index (κ3) is 2.25. The molecule has 4 rings (SSSR count). The minimum Gasteiger partial charge on any atom is -0.366 e. The summed E-state index contributed by atoms with van der Waals surface area (Å²) < 4.78 is 5.92. The summed E-state index contributed by atoms with van der Waals surface area (Å²) in [5.41, 5.74) is -0.152. The van der Waals surface area contributed by atoms with Gasteiger partial charge in [-0.05, 0) is 50.7 Å². The van der Waals surface area contributed by atoms with Gasteiger partial charge in [0.15, 0.2) is 0 Å². The molecule has 3 heteroatoms. The zero-order valence-electron chi connectivity index (χ0n) is 12.5. The Morgan fingerprint density at radius 1 is 1.33 bits per heavy atom. The number of Topliss-reactive ketones (excluding diaryl/α,β-unsaturated/α-hetero) is 1. The number of hydrogen-bond acceptors (Lipinski definition) is 3. The van der Waals surface area contributed by atoms with Gasteiger partial charge >= 0.3 is 0 Å². The summed E-state index contributed by atoms with van der Waals surface area (Å²) >= 11 is 1.85. The van der Waals surface area contributed by atoms with E-state index in [1.165, 1.54) is 11.3 Å². The van der Waals surface area contributed by atoms with Crippen LogP contribution in [0.4, 0.5) is 0 Å². The van der Waals surface area contributed by atoms with Crippen LogP contribution >= 0.6 is 11.8 Å². The number of carbonyl (C=O) groups is 1.